The summed E-state index contributed by atoms with van der Waals surface area (Å²) in [5.74, 6) is -0.150. The minimum atomic E-state index is -0.150. The summed E-state index contributed by atoms with van der Waals surface area (Å²) in [6.45, 7) is 4.26. The molecule has 0 amide bonds. The maximum atomic E-state index is 13.4. The third-order valence-corrected chi connectivity index (χ3v) is 6.65. The Morgan fingerprint density at radius 3 is 2.54 bits per heavy atom. The van der Waals surface area contributed by atoms with Crippen molar-refractivity contribution in [1.29, 1.82) is 0 Å². The van der Waals surface area contributed by atoms with Crippen LogP contribution in [0.1, 0.15) is 44.9 Å². The Labute approximate surface area is 144 Å². The SMILES string of the molecule is O[C@@H]1CCC[C@]12CCCN(C1CCN(c3cccc(F)c3)CC1)C2. The molecule has 1 spiro atoms. The van der Waals surface area contributed by atoms with Gasteiger partial charge in [0.05, 0.1) is 6.10 Å². The largest absolute Gasteiger partial charge is 0.393 e. The second-order valence-corrected chi connectivity index (χ2v) is 8.04. The van der Waals surface area contributed by atoms with Gasteiger partial charge < -0.3 is 10.0 Å². The Hall–Kier alpha value is -1.13. The number of halogens is 1. The molecule has 2 aliphatic heterocycles. The van der Waals surface area contributed by atoms with Gasteiger partial charge in [0.25, 0.3) is 0 Å². The van der Waals surface area contributed by atoms with Crippen LogP contribution in [0.5, 0.6) is 0 Å². The lowest BCUT2D eigenvalue weighted by Gasteiger charge is -2.47. The van der Waals surface area contributed by atoms with Crippen LogP contribution in [0.2, 0.25) is 0 Å². The van der Waals surface area contributed by atoms with E-state index in [1.54, 1.807) is 12.1 Å². The highest BCUT2D eigenvalue weighted by Crippen LogP contribution is 2.45. The van der Waals surface area contributed by atoms with Gasteiger partial charge in [-0.25, -0.2) is 4.39 Å². The van der Waals surface area contributed by atoms with Crippen LogP contribution in [0, 0.1) is 11.2 Å². The Morgan fingerprint density at radius 2 is 1.83 bits per heavy atom. The molecule has 1 aromatic rings. The van der Waals surface area contributed by atoms with Gasteiger partial charge in [-0.15, -0.1) is 0 Å². The smallest absolute Gasteiger partial charge is 0.125 e. The Balaban J connectivity index is 1.37. The van der Waals surface area contributed by atoms with E-state index in [1.165, 1.54) is 38.3 Å². The van der Waals surface area contributed by atoms with Gasteiger partial charge in [0.1, 0.15) is 5.82 Å². The van der Waals surface area contributed by atoms with Gasteiger partial charge in [-0.2, -0.15) is 0 Å². The van der Waals surface area contributed by atoms with Gasteiger partial charge in [-0.3, -0.25) is 4.90 Å². The number of piperidine rings is 2. The number of likely N-dealkylation sites (tertiary alicyclic amines) is 1. The second kappa shape index (κ2) is 6.64. The second-order valence-electron chi connectivity index (χ2n) is 8.04. The zero-order chi connectivity index (χ0) is 16.6. The summed E-state index contributed by atoms with van der Waals surface area (Å²) in [6.07, 6.45) is 8.00. The summed E-state index contributed by atoms with van der Waals surface area (Å²) < 4.78 is 13.4. The maximum absolute atomic E-state index is 13.4. The summed E-state index contributed by atoms with van der Waals surface area (Å²) in [7, 11) is 0. The molecule has 3 nitrogen and oxygen atoms in total. The van der Waals surface area contributed by atoms with Crippen LogP contribution in [-0.2, 0) is 0 Å². The highest BCUT2D eigenvalue weighted by molar-refractivity contribution is 5.46. The van der Waals surface area contributed by atoms with E-state index in [-0.39, 0.29) is 17.3 Å². The molecule has 1 N–H and O–H groups in total. The minimum Gasteiger partial charge on any atom is -0.393 e. The average molecular weight is 332 g/mol. The molecule has 0 unspecified atom stereocenters. The lowest BCUT2D eigenvalue weighted by molar-refractivity contribution is -0.0262. The fourth-order valence-electron chi connectivity index (χ4n) is 5.27. The van der Waals surface area contributed by atoms with Crippen molar-refractivity contribution in [2.75, 3.05) is 31.1 Å². The highest BCUT2D eigenvalue weighted by Gasteiger charge is 2.45. The number of rotatable bonds is 2. The van der Waals surface area contributed by atoms with Gasteiger partial charge in [0, 0.05) is 36.8 Å². The van der Waals surface area contributed by atoms with Gasteiger partial charge in [-0.1, -0.05) is 12.5 Å². The lowest BCUT2D eigenvalue weighted by Crippen LogP contribution is -2.53. The van der Waals surface area contributed by atoms with Crippen LogP contribution in [0.4, 0.5) is 10.1 Å². The summed E-state index contributed by atoms with van der Waals surface area (Å²) in [5.41, 5.74) is 1.19. The van der Waals surface area contributed by atoms with Crippen molar-refractivity contribution in [3.63, 3.8) is 0 Å². The Bertz CT molecular complexity index is 573. The zero-order valence-electron chi connectivity index (χ0n) is 14.5. The van der Waals surface area contributed by atoms with Crippen molar-refractivity contribution in [2.24, 2.45) is 5.41 Å². The molecule has 1 aliphatic carbocycles. The lowest BCUT2D eigenvalue weighted by atomic mass is 9.76. The van der Waals surface area contributed by atoms with Crippen molar-refractivity contribution in [2.45, 2.75) is 57.1 Å². The number of hydrogen-bond donors (Lipinski definition) is 1. The zero-order valence-corrected chi connectivity index (χ0v) is 14.5. The molecule has 132 valence electrons. The van der Waals surface area contributed by atoms with E-state index in [0.717, 1.165) is 44.6 Å². The van der Waals surface area contributed by atoms with E-state index in [2.05, 4.69) is 9.80 Å². The number of hydrogen-bond acceptors (Lipinski definition) is 3. The van der Waals surface area contributed by atoms with Crippen LogP contribution < -0.4 is 4.90 Å². The minimum absolute atomic E-state index is 0.0901. The van der Waals surface area contributed by atoms with Gasteiger partial charge in [0.2, 0.25) is 0 Å². The fourth-order valence-corrected chi connectivity index (χ4v) is 5.27. The molecule has 4 heteroatoms. The first-order valence-electron chi connectivity index (χ1n) is 9.59. The third-order valence-electron chi connectivity index (χ3n) is 6.65. The van der Waals surface area contributed by atoms with Gasteiger partial charge in [0.15, 0.2) is 0 Å². The Kier molecular flexibility index (Phi) is 4.52. The molecule has 3 fully saturated rings. The first-order chi connectivity index (χ1) is 11.7. The van der Waals surface area contributed by atoms with E-state index in [0.29, 0.717) is 6.04 Å². The molecular weight excluding hydrogens is 303 g/mol. The molecule has 4 rings (SSSR count). The molecule has 0 bridgehead atoms. The van der Waals surface area contributed by atoms with Crippen LogP contribution in [-0.4, -0.2) is 48.3 Å². The summed E-state index contributed by atoms with van der Waals surface area (Å²) in [4.78, 5) is 4.96. The van der Waals surface area contributed by atoms with Crippen molar-refractivity contribution in [3.05, 3.63) is 30.1 Å². The number of aliphatic hydroxyl groups excluding tert-OH is 1. The molecule has 0 radical (unpaired) electrons. The molecule has 2 heterocycles. The fraction of sp³-hybridized carbons (Fsp3) is 0.700. The van der Waals surface area contributed by atoms with Crippen LogP contribution in [0.15, 0.2) is 24.3 Å². The summed E-state index contributed by atoms with van der Waals surface area (Å²) in [6, 6.07) is 7.59. The molecule has 24 heavy (non-hydrogen) atoms. The number of anilines is 1. The number of benzene rings is 1. The van der Waals surface area contributed by atoms with Crippen molar-refractivity contribution in [3.8, 4) is 0 Å². The third kappa shape index (κ3) is 3.06. The molecule has 2 saturated heterocycles. The van der Waals surface area contributed by atoms with Crippen molar-refractivity contribution < 1.29 is 9.50 Å². The monoisotopic (exact) mass is 332 g/mol. The van der Waals surface area contributed by atoms with E-state index in [1.807, 2.05) is 6.07 Å². The number of nitrogens with zero attached hydrogens (tertiary/aromatic N) is 2. The van der Waals surface area contributed by atoms with Gasteiger partial charge >= 0.3 is 0 Å². The number of aliphatic hydroxyl groups is 1. The van der Waals surface area contributed by atoms with Gasteiger partial charge in [-0.05, 0) is 63.3 Å². The van der Waals surface area contributed by atoms with Crippen molar-refractivity contribution >= 4 is 5.69 Å². The normalized spacial score (nSPS) is 32.6. The molecule has 1 saturated carbocycles. The predicted octanol–water partition coefficient (Wildman–Crippen LogP) is 3.42. The molecule has 0 aromatic heterocycles. The summed E-state index contributed by atoms with van der Waals surface area (Å²) in [5, 5.41) is 10.5. The maximum Gasteiger partial charge on any atom is 0.125 e. The van der Waals surface area contributed by atoms with E-state index in [9.17, 15) is 9.50 Å². The highest BCUT2D eigenvalue weighted by atomic mass is 19.1. The van der Waals surface area contributed by atoms with Crippen LogP contribution in [0.3, 0.4) is 0 Å². The van der Waals surface area contributed by atoms with E-state index >= 15 is 0 Å². The average Bonchev–Trinajstić information content (AvgIpc) is 2.95. The quantitative estimate of drug-likeness (QED) is 0.899. The first-order valence-corrected chi connectivity index (χ1v) is 9.59. The van der Waals surface area contributed by atoms with Crippen molar-refractivity contribution in [1.82, 2.24) is 4.90 Å². The topological polar surface area (TPSA) is 26.7 Å². The van der Waals surface area contributed by atoms with E-state index < -0.39 is 0 Å². The predicted molar refractivity (Wildman–Crippen MR) is 94.7 cm³/mol. The molecule has 2 atom stereocenters. The van der Waals surface area contributed by atoms with Crippen LogP contribution >= 0.6 is 0 Å². The van der Waals surface area contributed by atoms with Crippen LogP contribution in [0.25, 0.3) is 0 Å². The standard InChI is InChI=1S/C20H29FN2O/c21-16-4-1-5-18(14-16)22-12-7-17(8-13-22)23-11-3-10-20(15-23)9-2-6-19(20)24/h1,4-5,14,17,19,24H,2-3,6-13,15H2/t19-,20-/m1/s1. The Morgan fingerprint density at radius 1 is 1.04 bits per heavy atom. The molecular formula is C20H29FN2O. The summed E-state index contributed by atoms with van der Waals surface area (Å²) >= 11 is 0. The first kappa shape index (κ1) is 16.3. The molecule has 1 aromatic carbocycles. The molecule has 3 aliphatic rings. The van der Waals surface area contributed by atoms with E-state index in [4.69, 9.17) is 0 Å².